The Balaban J connectivity index is 1.18. The van der Waals surface area contributed by atoms with E-state index < -0.39 is 66.1 Å². The maximum absolute atomic E-state index is 13.4. The number of phenols is 1. The average Bonchev–Trinajstić information content (AvgIpc) is 3.95. The van der Waals surface area contributed by atoms with Crippen LogP contribution >= 0.6 is 0 Å². The first kappa shape index (κ1) is 40.0. The highest BCUT2D eigenvalue weighted by molar-refractivity contribution is 6.03. The summed E-state index contributed by atoms with van der Waals surface area (Å²) in [5.74, 6) is -3.90. The summed E-state index contributed by atoms with van der Waals surface area (Å²) in [6.45, 7) is -0.200. The number of likely N-dealkylation sites (N-methyl/N-ethyl adjacent to an activating group) is 1. The van der Waals surface area contributed by atoms with E-state index in [2.05, 4.69) is 21.3 Å². The van der Waals surface area contributed by atoms with Crippen molar-refractivity contribution in [1.82, 2.24) is 41.2 Å². The fourth-order valence-corrected chi connectivity index (χ4v) is 5.73. The quantitative estimate of drug-likeness (QED) is 0.0629. The first-order chi connectivity index (χ1) is 25.4. The minimum absolute atomic E-state index is 0.00942. The maximum atomic E-state index is 13.4. The van der Waals surface area contributed by atoms with Crippen LogP contribution in [0, 0.1) is 0 Å². The molecule has 4 rings (SSSR count). The van der Waals surface area contributed by atoms with E-state index in [4.69, 9.17) is 0 Å². The summed E-state index contributed by atoms with van der Waals surface area (Å²) in [4.78, 5) is 90.8. The highest BCUT2D eigenvalue weighted by Crippen LogP contribution is 2.25. The average molecular weight is 739 g/mol. The van der Waals surface area contributed by atoms with Crippen molar-refractivity contribution in [3.8, 4) is 5.75 Å². The number of hydrogen-bond acceptors (Lipinski definition) is 10. The van der Waals surface area contributed by atoms with Crippen LogP contribution in [-0.2, 0) is 30.4 Å². The molecule has 7 N–H and O–H groups in total. The van der Waals surface area contributed by atoms with Gasteiger partial charge < -0.3 is 36.2 Å². The zero-order valence-corrected chi connectivity index (χ0v) is 29.4. The maximum Gasteiger partial charge on any atom is 0.317 e. The van der Waals surface area contributed by atoms with E-state index in [9.17, 15) is 49.1 Å². The van der Waals surface area contributed by atoms with Crippen molar-refractivity contribution in [3.05, 3.63) is 65.7 Å². The SMILES string of the molecule is CN(C(=O)NCCc1ccccc1)C(CCCN(O)C(=O)CCNC(=O)CNC(=O)C1CN1C(=O)c1ccccc1O)C(=O)NC1CCCN(O)C1=O. The lowest BCUT2D eigenvalue weighted by atomic mass is 10.0. The Kier molecular flexibility index (Phi) is 14.5. The number of aromatic hydroxyl groups is 1. The number of para-hydroxylation sites is 1. The lowest BCUT2D eigenvalue weighted by molar-refractivity contribution is -0.173. The van der Waals surface area contributed by atoms with E-state index in [-0.39, 0.29) is 56.8 Å². The van der Waals surface area contributed by atoms with Crippen LogP contribution in [0.15, 0.2) is 54.6 Å². The van der Waals surface area contributed by atoms with Crippen molar-refractivity contribution in [2.45, 2.75) is 56.7 Å². The van der Waals surface area contributed by atoms with Crippen molar-refractivity contribution < 1.29 is 49.1 Å². The Bertz CT molecular complexity index is 1640. The first-order valence-corrected chi connectivity index (χ1v) is 17.3. The summed E-state index contributed by atoms with van der Waals surface area (Å²) in [5.41, 5.74) is 1.07. The molecule has 2 saturated heterocycles. The number of nitrogens with one attached hydrogen (secondary N) is 4. The number of nitrogens with zero attached hydrogens (tertiary/aromatic N) is 4. The Hall–Kier alpha value is -5.75. The molecular formula is C35H46N8O10. The summed E-state index contributed by atoms with van der Waals surface area (Å²) in [6, 6.07) is 12.1. The van der Waals surface area contributed by atoms with Gasteiger partial charge in [0, 0.05) is 39.6 Å². The molecule has 0 aromatic heterocycles. The van der Waals surface area contributed by atoms with E-state index in [1.165, 1.54) is 29.0 Å². The number of hydrogen-bond donors (Lipinski definition) is 7. The summed E-state index contributed by atoms with van der Waals surface area (Å²) in [5, 5.41) is 41.3. The molecule has 2 aliphatic heterocycles. The second kappa shape index (κ2) is 19.2. The molecule has 53 heavy (non-hydrogen) atoms. The van der Waals surface area contributed by atoms with Gasteiger partial charge in [0.2, 0.25) is 23.6 Å². The Morgan fingerprint density at radius 1 is 0.962 bits per heavy atom. The fraction of sp³-hybridized carbons (Fsp3) is 0.457. The van der Waals surface area contributed by atoms with E-state index in [1.807, 2.05) is 30.3 Å². The van der Waals surface area contributed by atoms with Gasteiger partial charge in [-0.3, -0.25) is 39.2 Å². The minimum atomic E-state index is -1.09. The van der Waals surface area contributed by atoms with Gasteiger partial charge in [0.25, 0.3) is 11.8 Å². The molecule has 286 valence electrons. The summed E-state index contributed by atoms with van der Waals surface area (Å²) in [6.07, 6.45) is 1.14. The van der Waals surface area contributed by atoms with Crippen molar-refractivity contribution in [2.24, 2.45) is 0 Å². The summed E-state index contributed by atoms with van der Waals surface area (Å²) < 4.78 is 0. The Labute approximate surface area is 306 Å². The number of phenolic OH excluding ortho intramolecular Hbond substituents is 1. The normalized spacial score (nSPS) is 16.9. The number of carbonyl (C=O) groups is 7. The van der Waals surface area contributed by atoms with Gasteiger partial charge in [-0.15, -0.1) is 0 Å². The molecule has 18 nitrogen and oxygen atoms in total. The summed E-state index contributed by atoms with van der Waals surface area (Å²) in [7, 11) is 1.42. The zero-order chi connectivity index (χ0) is 38.5. The molecule has 2 heterocycles. The van der Waals surface area contributed by atoms with Crippen LogP contribution in [0.4, 0.5) is 4.79 Å². The van der Waals surface area contributed by atoms with Crippen LogP contribution < -0.4 is 21.3 Å². The van der Waals surface area contributed by atoms with Gasteiger partial charge in [0.15, 0.2) is 0 Å². The molecular weight excluding hydrogens is 692 g/mol. The second-order valence-corrected chi connectivity index (χ2v) is 12.7. The number of benzene rings is 2. The third kappa shape index (κ3) is 11.6. The second-order valence-electron chi connectivity index (χ2n) is 12.7. The lowest BCUT2D eigenvalue weighted by Crippen LogP contribution is -2.57. The largest absolute Gasteiger partial charge is 0.507 e. The Morgan fingerprint density at radius 2 is 1.68 bits per heavy atom. The van der Waals surface area contributed by atoms with Crippen molar-refractivity contribution in [1.29, 1.82) is 0 Å². The molecule has 3 atom stereocenters. The predicted molar refractivity (Wildman–Crippen MR) is 186 cm³/mol. The monoisotopic (exact) mass is 738 g/mol. The van der Waals surface area contributed by atoms with Crippen LogP contribution in [0.5, 0.6) is 5.75 Å². The van der Waals surface area contributed by atoms with Crippen molar-refractivity contribution >= 4 is 41.5 Å². The van der Waals surface area contributed by atoms with Crippen molar-refractivity contribution in [3.63, 3.8) is 0 Å². The van der Waals surface area contributed by atoms with Crippen LogP contribution in [0.25, 0.3) is 0 Å². The van der Waals surface area contributed by atoms with Gasteiger partial charge in [-0.05, 0) is 49.8 Å². The van der Waals surface area contributed by atoms with Gasteiger partial charge in [-0.1, -0.05) is 42.5 Å². The number of amides is 8. The zero-order valence-electron chi connectivity index (χ0n) is 29.4. The smallest absolute Gasteiger partial charge is 0.317 e. The molecule has 2 aliphatic rings. The van der Waals surface area contributed by atoms with Gasteiger partial charge in [-0.25, -0.2) is 14.9 Å². The van der Waals surface area contributed by atoms with Crippen molar-refractivity contribution in [2.75, 3.05) is 46.3 Å². The molecule has 0 radical (unpaired) electrons. The van der Waals surface area contributed by atoms with E-state index in [0.717, 1.165) is 5.56 Å². The molecule has 2 fully saturated rings. The third-order valence-corrected chi connectivity index (χ3v) is 8.88. The topological polar surface area (TPSA) is 241 Å². The van der Waals surface area contributed by atoms with Gasteiger partial charge in [-0.2, -0.15) is 0 Å². The molecule has 0 bridgehead atoms. The van der Waals surface area contributed by atoms with E-state index >= 15 is 0 Å². The molecule has 2 aromatic carbocycles. The highest BCUT2D eigenvalue weighted by Gasteiger charge is 2.45. The first-order valence-electron chi connectivity index (χ1n) is 17.3. The highest BCUT2D eigenvalue weighted by atomic mass is 16.5. The van der Waals surface area contributed by atoms with E-state index in [1.54, 1.807) is 12.1 Å². The Morgan fingerprint density at radius 3 is 2.42 bits per heavy atom. The van der Waals surface area contributed by atoms with Crippen LogP contribution in [-0.4, -0.2) is 141 Å². The predicted octanol–water partition coefficient (Wildman–Crippen LogP) is -0.414. The molecule has 2 aromatic rings. The van der Waals surface area contributed by atoms with E-state index in [0.29, 0.717) is 35.9 Å². The van der Waals surface area contributed by atoms with Crippen LogP contribution in [0.2, 0.25) is 0 Å². The number of hydroxylamine groups is 4. The van der Waals surface area contributed by atoms with Crippen LogP contribution in [0.3, 0.4) is 0 Å². The van der Waals surface area contributed by atoms with Gasteiger partial charge in [0.05, 0.1) is 18.7 Å². The number of urea groups is 1. The molecule has 3 unspecified atom stereocenters. The number of carbonyl (C=O) groups excluding carboxylic acids is 7. The van der Waals surface area contributed by atoms with Crippen LogP contribution in [0.1, 0.15) is 48.0 Å². The number of rotatable bonds is 17. The standard InChI is InChI=1S/C35H46N8O10/c1-40(35(51)37-17-15-23-9-3-2-4-10-23)26(32(48)39-25-12-7-20-43(53)34(25)50)13-8-19-42(52)30(46)16-18-36-29(45)21-38-31(47)27-22-41(27)33(49)24-11-5-6-14-28(24)44/h2-6,9-11,14,25-27,44,52-53H,7-8,12-13,15-22H2,1H3,(H,36,45)(H,37,51)(H,38,47)(H,39,48). The number of piperidine rings is 1. The summed E-state index contributed by atoms with van der Waals surface area (Å²) >= 11 is 0. The minimum Gasteiger partial charge on any atom is -0.507 e. The molecule has 18 heteroatoms. The fourth-order valence-electron chi connectivity index (χ4n) is 5.73. The van der Waals surface area contributed by atoms with Gasteiger partial charge >= 0.3 is 6.03 Å². The molecule has 0 spiro atoms. The van der Waals surface area contributed by atoms with Gasteiger partial charge in [0.1, 0.15) is 23.9 Å². The lowest BCUT2D eigenvalue weighted by Gasteiger charge is -2.32. The molecule has 0 aliphatic carbocycles. The molecule has 0 saturated carbocycles. The molecule has 8 amide bonds. The third-order valence-electron chi connectivity index (χ3n) is 8.88.